The Morgan fingerprint density at radius 1 is 1.53 bits per heavy atom. The molecule has 0 atom stereocenters. The molecule has 1 amide bonds. The molecule has 0 saturated heterocycles. The molecule has 1 aromatic carbocycles. The van der Waals surface area contributed by atoms with E-state index in [9.17, 15) is 9.59 Å². The summed E-state index contributed by atoms with van der Waals surface area (Å²) in [7, 11) is 0. The normalized spacial score (nSPS) is 9.07. The zero-order valence-corrected chi connectivity index (χ0v) is 7.93. The van der Waals surface area contributed by atoms with Gasteiger partial charge in [-0.3, -0.25) is 0 Å². The molecule has 0 radical (unpaired) electrons. The molecule has 0 bridgehead atoms. The van der Waals surface area contributed by atoms with Gasteiger partial charge in [0, 0.05) is 6.54 Å². The first-order valence-corrected chi connectivity index (χ1v) is 4.36. The zero-order valence-electron chi connectivity index (χ0n) is 7.93. The molecule has 0 aromatic heterocycles. The zero-order chi connectivity index (χ0) is 11.1. The molecule has 5 heteroatoms. The summed E-state index contributed by atoms with van der Waals surface area (Å²) in [6.07, 6.45) is 0.970. The third kappa shape index (κ3) is 4.06. The van der Waals surface area contributed by atoms with Crippen LogP contribution in [0, 0.1) is 0 Å². The highest BCUT2D eigenvalue weighted by Gasteiger charge is 1.97. The molecule has 0 heterocycles. The number of nitrogens with zero attached hydrogens (tertiary/aromatic N) is 1. The summed E-state index contributed by atoms with van der Waals surface area (Å²) in [5, 5.41) is 10.6. The van der Waals surface area contributed by atoms with Gasteiger partial charge in [-0.2, -0.15) is 4.99 Å². The summed E-state index contributed by atoms with van der Waals surface area (Å²) in [5.74, 6) is 0. The molecule has 2 N–H and O–H groups in total. The van der Waals surface area contributed by atoms with Crippen molar-refractivity contribution in [1.29, 1.82) is 0 Å². The van der Waals surface area contributed by atoms with Crippen LogP contribution in [0.2, 0.25) is 0 Å². The van der Waals surface area contributed by atoms with Crippen molar-refractivity contribution in [2.24, 2.45) is 4.99 Å². The maximum Gasteiger partial charge on any atom is 0.404 e. The third-order valence-electron chi connectivity index (χ3n) is 1.78. The van der Waals surface area contributed by atoms with Crippen molar-refractivity contribution in [3.63, 3.8) is 0 Å². The van der Waals surface area contributed by atoms with Crippen LogP contribution in [0.3, 0.4) is 0 Å². The lowest BCUT2D eigenvalue weighted by Gasteiger charge is -2.01. The lowest BCUT2D eigenvalue weighted by atomic mass is 10.1. The Labute approximate surface area is 86.5 Å². The second-order valence-electron chi connectivity index (χ2n) is 2.85. The molecule has 0 aliphatic carbocycles. The fourth-order valence-corrected chi connectivity index (χ4v) is 1.15. The van der Waals surface area contributed by atoms with Gasteiger partial charge in [-0.25, -0.2) is 9.59 Å². The second-order valence-corrected chi connectivity index (χ2v) is 2.85. The Morgan fingerprint density at radius 3 is 3.00 bits per heavy atom. The second kappa shape index (κ2) is 5.57. The number of benzene rings is 1. The third-order valence-corrected chi connectivity index (χ3v) is 1.78. The smallest absolute Gasteiger partial charge is 0.404 e. The molecular weight excluding hydrogens is 196 g/mol. The van der Waals surface area contributed by atoms with E-state index in [4.69, 9.17) is 5.11 Å². The van der Waals surface area contributed by atoms with Crippen molar-refractivity contribution in [2.75, 3.05) is 6.54 Å². The predicted octanol–water partition coefficient (Wildman–Crippen LogP) is 1.46. The molecule has 0 unspecified atom stereocenters. The van der Waals surface area contributed by atoms with E-state index in [1.807, 2.05) is 6.07 Å². The van der Waals surface area contributed by atoms with Crippen molar-refractivity contribution in [3.05, 3.63) is 29.8 Å². The molecule has 0 aliphatic heterocycles. The molecule has 1 aromatic rings. The van der Waals surface area contributed by atoms with Gasteiger partial charge in [-0.15, -0.1) is 0 Å². The summed E-state index contributed by atoms with van der Waals surface area (Å²) < 4.78 is 0. The first kappa shape index (κ1) is 10.9. The summed E-state index contributed by atoms with van der Waals surface area (Å²) in [5.41, 5.74) is 1.44. The monoisotopic (exact) mass is 206 g/mol. The maximum atomic E-state index is 10.2. The Kier molecular flexibility index (Phi) is 4.06. The van der Waals surface area contributed by atoms with E-state index in [1.54, 1.807) is 18.2 Å². The van der Waals surface area contributed by atoms with E-state index >= 15 is 0 Å². The SMILES string of the molecule is O=C=Nc1cccc(CCNC(=O)O)c1. The van der Waals surface area contributed by atoms with Crippen LogP contribution in [-0.2, 0) is 11.2 Å². The quantitative estimate of drug-likeness (QED) is 0.578. The summed E-state index contributed by atoms with van der Waals surface area (Å²) in [6.45, 7) is 0.337. The van der Waals surface area contributed by atoms with Crippen molar-refractivity contribution in [2.45, 2.75) is 6.42 Å². The number of hydrogen-bond acceptors (Lipinski definition) is 3. The van der Waals surface area contributed by atoms with Crippen molar-refractivity contribution in [3.8, 4) is 0 Å². The van der Waals surface area contributed by atoms with Crippen LogP contribution < -0.4 is 5.32 Å². The summed E-state index contributed by atoms with van der Waals surface area (Å²) in [4.78, 5) is 23.7. The number of amides is 1. The number of carbonyl (C=O) groups is 1. The number of hydrogen-bond donors (Lipinski definition) is 2. The van der Waals surface area contributed by atoms with Gasteiger partial charge in [0.25, 0.3) is 0 Å². The van der Waals surface area contributed by atoms with Gasteiger partial charge < -0.3 is 10.4 Å². The largest absolute Gasteiger partial charge is 0.465 e. The minimum absolute atomic E-state index is 0.337. The van der Waals surface area contributed by atoms with Gasteiger partial charge in [0.15, 0.2) is 0 Å². The summed E-state index contributed by atoms with van der Waals surface area (Å²) in [6, 6.07) is 6.99. The summed E-state index contributed by atoms with van der Waals surface area (Å²) >= 11 is 0. The number of carbonyl (C=O) groups excluding carboxylic acids is 1. The predicted molar refractivity (Wildman–Crippen MR) is 54.0 cm³/mol. The van der Waals surface area contributed by atoms with Gasteiger partial charge in [0.05, 0.1) is 5.69 Å². The standard InChI is InChI=1S/C10H10N2O3/c13-7-12-9-3-1-2-8(6-9)4-5-11-10(14)15/h1-3,6,11H,4-5H2,(H,14,15). The van der Waals surface area contributed by atoms with E-state index < -0.39 is 6.09 Å². The molecular formula is C10H10N2O3. The lowest BCUT2D eigenvalue weighted by molar-refractivity contribution is 0.194. The highest BCUT2D eigenvalue weighted by Crippen LogP contribution is 2.13. The molecule has 5 nitrogen and oxygen atoms in total. The Hall–Kier alpha value is -2.13. The van der Waals surface area contributed by atoms with Crippen LogP contribution in [0.1, 0.15) is 5.56 Å². The minimum Gasteiger partial charge on any atom is -0.465 e. The first-order chi connectivity index (χ1) is 7.22. The van der Waals surface area contributed by atoms with Crippen LogP contribution in [0.15, 0.2) is 29.3 Å². The number of rotatable bonds is 4. The number of carboxylic acid groups (broad SMARTS) is 1. The minimum atomic E-state index is -1.04. The molecule has 1 rings (SSSR count). The van der Waals surface area contributed by atoms with Crippen LogP contribution in [0.25, 0.3) is 0 Å². The lowest BCUT2D eigenvalue weighted by Crippen LogP contribution is -2.23. The molecule has 78 valence electrons. The van der Waals surface area contributed by atoms with Gasteiger partial charge in [0.1, 0.15) is 0 Å². The van der Waals surface area contributed by atoms with Crippen LogP contribution in [0.4, 0.5) is 10.5 Å². The van der Waals surface area contributed by atoms with Gasteiger partial charge in [-0.1, -0.05) is 12.1 Å². The van der Waals surface area contributed by atoms with Crippen LogP contribution >= 0.6 is 0 Å². The topological polar surface area (TPSA) is 78.8 Å². The molecule has 0 aliphatic rings. The molecule has 0 saturated carbocycles. The van der Waals surface area contributed by atoms with Gasteiger partial charge in [0.2, 0.25) is 6.08 Å². The highest BCUT2D eigenvalue weighted by atomic mass is 16.4. The van der Waals surface area contributed by atoms with Crippen molar-refractivity contribution < 1.29 is 14.7 Å². The fourth-order valence-electron chi connectivity index (χ4n) is 1.15. The number of nitrogens with one attached hydrogen (secondary N) is 1. The van der Waals surface area contributed by atoms with E-state index in [-0.39, 0.29) is 0 Å². The van der Waals surface area contributed by atoms with Gasteiger partial charge >= 0.3 is 6.09 Å². The van der Waals surface area contributed by atoms with E-state index in [0.717, 1.165) is 5.56 Å². The van der Waals surface area contributed by atoms with Crippen LogP contribution in [0.5, 0.6) is 0 Å². The Bertz CT molecular complexity index is 397. The fraction of sp³-hybridized carbons (Fsp3) is 0.200. The van der Waals surface area contributed by atoms with E-state index in [1.165, 1.54) is 6.08 Å². The van der Waals surface area contributed by atoms with Gasteiger partial charge in [-0.05, 0) is 24.1 Å². The van der Waals surface area contributed by atoms with Crippen molar-refractivity contribution >= 4 is 17.9 Å². The number of isocyanates is 1. The first-order valence-electron chi connectivity index (χ1n) is 4.36. The highest BCUT2D eigenvalue weighted by molar-refractivity contribution is 5.64. The van der Waals surface area contributed by atoms with Crippen LogP contribution in [-0.4, -0.2) is 23.8 Å². The molecule has 15 heavy (non-hydrogen) atoms. The molecule has 0 fully saturated rings. The van der Waals surface area contributed by atoms with E-state index in [0.29, 0.717) is 18.7 Å². The average Bonchev–Trinajstić information content (AvgIpc) is 2.18. The number of aliphatic imine (C=N–C) groups is 1. The molecule has 0 spiro atoms. The average molecular weight is 206 g/mol. The van der Waals surface area contributed by atoms with E-state index in [2.05, 4.69) is 10.3 Å². The Balaban J connectivity index is 2.57. The Morgan fingerprint density at radius 2 is 2.33 bits per heavy atom. The maximum absolute atomic E-state index is 10.2. The van der Waals surface area contributed by atoms with Crippen molar-refractivity contribution in [1.82, 2.24) is 5.32 Å².